The lowest BCUT2D eigenvalue weighted by Crippen LogP contribution is -2.28. The van der Waals surface area contributed by atoms with E-state index in [2.05, 4.69) is 10.6 Å². The normalized spacial score (nSPS) is 14.4. The van der Waals surface area contributed by atoms with Crippen LogP contribution < -0.4 is 20.1 Å². The van der Waals surface area contributed by atoms with E-state index in [1.54, 1.807) is 70.9 Å². The van der Waals surface area contributed by atoms with Crippen molar-refractivity contribution in [1.82, 2.24) is 15.5 Å². The molecule has 1 heterocycles. The van der Waals surface area contributed by atoms with Crippen molar-refractivity contribution in [1.29, 1.82) is 5.41 Å². The van der Waals surface area contributed by atoms with Gasteiger partial charge in [0, 0.05) is 51.4 Å². The molecule has 174 valence electrons. The number of carbonyl (C=O) groups excluding carboxylic acids is 2. The summed E-state index contributed by atoms with van der Waals surface area (Å²) in [4.78, 5) is 26.4. The van der Waals surface area contributed by atoms with Crippen molar-refractivity contribution < 1.29 is 23.8 Å². The van der Waals surface area contributed by atoms with Gasteiger partial charge >= 0.3 is 0 Å². The molecule has 2 aromatic rings. The Morgan fingerprint density at radius 3 is 2.58 bits per heavy atom. The Morgan fingerprint density at radius 2 is 1.94 bits per heavy atom. The number of ether oxygens (including phenoxy) is 3. The summed E-state index contributed by atoms with van der Waals surface area (Å²) in [5, 5.41) is 13.1. The second-order valence-electron chi connectivity index (χ2n) is 7.67. The minimum atomic E-state index is -0.459. The van der Waals surface area contributed by atoms with E-state index in [0.717, 1.165) is 5.56 Å². The van der Waals surface area contributed by atoms with Crippen LogP contribution in [-0.4, -0.2) is 63.5 Å². The molecular weight excluding hydrogens is 424 g/mol. The van der Waals surface area contributed by atoms with Gasteiger partial charge in [-0.05, 0) is 48.7 Å². The zero-order valence-electron chi connectivity index (χ0n) is 19.1. The highest BCUT2D eigenvalue weighted by Crippen LogP contribution is 2.39. The number of amidine groups is 1. The number of benzene rings is 2. The van der Waals surface area contributed by atoms with E-state index in [1.165, 1.54) is 11.0 Å². The molecule has 1 aliphatic rings. The fourth-order valence-corrected chi connectivity index (χ4v) is 3.33. The van der Waals surface area contributed by atoms with Crippen molar-refractivity contribution in [2.45, 2.75) is 12.5 Å². The third kappa shape index (κ3) is 5.89. The molecular formula is C24H28N4O5. The largest absolute Gasteiger partial charge is 0.487 e. The summed E-state index contributed by atoms with van der Waals surface area (Å²) in [6, 6.07) is 10.1. The summed E-state index contributed by atoms with van der Waals surface area (Å²) < 4.78 is 17.3. The first-order chi connectivity index (χ1) is 15.8. The number of amides is 2. The van der Waals surface area contributed by atoms with Crippen LogP contribution in [0.5, 0.6) is 17.2 Å². The Bertz CT molecular complexity index is 1060. The molecule has 3 N–H and O–H groups in total. The Kier molecular flexibility index (Phi) is 7.68. The van der Waals surface area contributed by atoms with Gasteiger partial charge in [-0.15, -0.1) is 0 Å². The number of fused-ring (bicyclic) bond motifs is 1. The lowest BCUT2D eigenvalue weighted by molar-refractivity contribution is 0.0827. The van der Waals surface area contributed by atoms with Gasteiger partial charge in [-0.1, -0.05) is 0 Å². The molecule has 33 heavy (non-hydrogen) atoms. The van der Waals surface area contributed by atoms with Crippen molar-refractivity contribution in [3.63, 3.8) is 0 Å². The Morgan fingerprint density at radius 1 is 1.21 bits per heavy atom. The number of carbonyl (C=O) groups is 2. The van der Waals surface area contributed by atoms with Crippen molar-refractivity contribution in [2.24, 2.45) is 0 Å². The van der Waals surface area contributed by atoms with Crippen LogP contribution in [-0.2, 0) is 11.2 Å². The Labute approximate surface area is 192 Å². The van der Waals surface area contributed by atoms with Crippen molar-refractivity contribution in [2.75, 3.05) is 34.9 Å². The van der Waals surface area contributed by atoms with Gasteiger partial charge in [-0.25, -0.2) is 0 Å². The summed E-state index contributed by atoms with van der Waals surface area (Å²) >= 11 is 0. The Balaban J connectivity index is 1.88. The monoisotopic (exact) mass is 452 g/mol. The first kappa shape index (κ1) is 23.8. The lowest BCUT2D eigenvalue weighted by atomic mass is 10.1. The number of hydrogen-bond acceptors (Lipinski definition) is 7. The van der Waals surface area contributed by atoms with E-state index in [9.17, 15) is 9.59 Å². The van der Waals surface area contributed by atoms with Crippen LogP contribution in [0.15, 0.2) is 48.7 Å². The highest BCUT2D eigenvalue weighted by atomic mass is 16.5. The van der Waals surface area contributed by atoms with Crippen LogP contribution in [0.25, 0.3) is 0 Å². The molecule has 0 spiro atoms. The molecule has 0 radical (unpaired) electrons. The van der Waals surface area contributed by atoms with Gasteiger partial charge in [0.2, 0.25) is 0 Å². The van der Waals surface area contributed by atoms with Crippen molar-refractivity contribution in [3.8, 4) is 17.2 Å². The standard InChI is InChI=1S/C24H28N4O5/c1-26-10-9-22(25)27-23(29)16-11-20(19-13-18(14-31-4)33-21(19)12-16)32-17-7-5-15(6-8-17)24(30)28(2)3/h5-12,18,26H,13-14H2,1-4H3,(H2,25,27,29)/b10-9-. The fraction of sp³-hybridized carbons (Fsp3) is 0.292. The van der Waals surface area contributed by atoms with E-state index in [4.69, 9.17) is 19.6 Å². The van der Waals surface area contributed by atoms with Gasteiger partial charge < -0.3 is 29.7 Å². The quantitative estimate of drug-likeness (QED) is 0.419. The minimum Gasteiger partial charge on any atom is -0.487 e. The molecule has 1 aliphatic heterocycles. The maximum atomic E-state index is 12.7. The molecule has 1 unspecified atom stereocenters. The first-order valence-corrected chi connectivity index (χ1v) is 10.4. The SMILES string of the molecule is CN/C=C\C(=N)NC(=O)c1cc(Oc2ccc(C(=O)N(C)C)cc2)c2c(c1)OC(COC)C2. The van der Waals surface area contributed by atoms with Crippen LogP contribution in [0.2, 0.25) is 0 Å². The average molecular weight is 453 g/mol. The van der Waals surface area contributed by atoms with E-state index < -0.39 is 5.91 Å². The van der Waals surface area contributed by atoms with Gasteiger partial charge in [0.25, 0.3) is 11.8 Å². The predicted octanol–water partition coefficient (Wildman–Crippen LogP) is 2.57. The first-order valence-electron chi connectivity index (χ1n) is 10.4. The van der Waals surface area contributed by atoms with Crippen LogP contribution in [0.3, 0.4) is 0 Å². The number of nitrogens with one attached hydrogen (secondary N) is 3. The molecule has 1 atom stereocenters. The highest BCUT2D eigenvalue weighted by Gasteiger charge is 2.28. The number of rotatable bonds is 8. The number of methoxy groups -OCH3 is 1. The summed E-state index contributed by atoms with van der Waals surface area (Å²) in [7, 11) is 6.69. The third-order valence-electron chi connectivity index (χ3n) is 4.91. The van der Waals surface area contributed by atoms with Crippen LogP contribution >= 0.6 is 0 Å². The Hall–Kier alpha value is -3.85. The summed E-state index contributed by atoms with van der Waals surface area (Å²) in [6.45, 7) is 0.399. The van der Waals surface area contributed by atoms with E-state index in [1.807, 2.05) is 0 Å². The van der Waals surface area contributed by atoms with Crippen LogP contribution in [0, 0.1) is 5.41 Å². The van der Waals surface area contributed by atoms with Crippen LogP contribution in [0.4, 0.5) is 0 Å². The zero-order valence-corrected chi connectivity index (χ0v) is 19.1. The maximum absolute atomic E-state index is 12.7. The van der Waals surface area contributed by atoms with E-state index in [-0.39, 0.29) is 17.8 Å². The van der Waals surface area contributed by atoms with Gasteiger partial charge in [0.15, 0.2) is 0 Å². The molecule has 0 saturated heterocycles. The molecule has 2 amide bonds. The van der Waals surface area contributed by atoms with Gasteiger partial charge in [-0.3, -0.25) is 15.0 Å². The highest BCUT2D eigenvalue weighted by molar-refractivity contribution is 6.09. The molecule has 0 aliphatic carbocycles. The molecule has 0 saturated carbocycles. The molecule has 0 aromatic heterocycles. The number of hydrogen-bond donors (Lipinski definition) is 3. The van der Waals surface area contributed by atoms with Gasteiger partial charge in [-0.2, -0.15) is 0 Å². The average Bonchev–Trinajstić information content (AvgIpc) is 3.20. The zero-order chi connectivity index (χ0) is 24.0. The van der Waals surface area contributed by atoms with Gasteiger partial charge in [0.1, 0.15) is 29.2 Å². The van der Waals surface area contributed by atoms with E-state index in [0.29, 0.717) is 41.4 Å². The van der Waals surface area contributed by atoms with Crippen molar-refractivity contribution >= 4 is 17.6 Å². The molecule has 0 bridgehead atoms. The second-order valence-corrected chi connectivity index (χ2v) is 7.67. The minimum absolute atomic E-state index is 0.0587. The van der Waals surface area contributed by atoms with Gasteiger partial charge in [0.05, 0.1) is 6.61 Å². The number of nitrogens with zero attached hydrogens (tertiary/aromatic N) is 1. The van der Waals surface area contributed by atoms with Crippen molar-refractivity contribution in [3.05, 3.63) is 65.4 Å². The third-order valence-corrected chi connectivity index (χ3v) is 4.91. The van der Waals surface area contributed by atoms with Crippen LogP contribution in [0.1, 0.15) is 26.3 Å². The van der Waals surface area contributed by atoms with E-state index >= 15 is 0 Å². The molecule has 9 nitrogen and oxygen atoms in total. The maximum Gasteiger partial charge on any atom is 0.257 e. The topological polar surface area (TPSA) is 113 Å². The molecule has 0 fully saturated rings. The molecule has 9 heteroatoms. The molecule has 2 aromatic carbocycles. The second kappa shape index (κ2) is 10.6. The fourth-order valence-electron chi connectivity index (χ4n) is 3.33. The summed E-state index contributed by atoms with van der Waals surface area (Å²) in [5.74, 6) is 0.907. The predicted molar refractivity (Wildman–Crippen MR) is 124 cm³/mol. The summed E-state index contributed by atoms with van der Waals surface area (Å²) in [5.41, 5.74) is 1.67. The molecule has 3 rings (SSSR count). The summed E-state index contributed by atoms with van der Waals surface area (Å²) in [6.07, 6.45) is 3.36. The smallest absolute Gasteiger partial charge is 0.257 e. The lowest BCUT2D eigenvalue weighted by Gasteiger charge is -2.13.